The van der Waals surface area contributed by atoms with Crippen molar-refractivity contribution >= 4 is 0 Å². The average molecular weight is 268 g/mol. The van der Waals surface area contributed by atoms with Crippen LogP contribution in [-0.4, -0.2) is 0 Å². The van der Waals surface area contributed by atoms with Gasteiger partial charge in [0, 0.05) is 6.04 Å². The van der Waals surface area contributed by atoms with Crippen LogP contribution in [0.5, 0.6) is 0 Å². The summed E-state index contributed by atoms with van der Waals surface area (Å²) in [7, 11) is 0. The Kier molecular flexibility index (Phi) is 5.33. The van der Waals surface area contributed by atoms with Gasteiger partial charge in [0.2, 0.25) is 0 Å². The van der Waals surface area contributed by atoms with E-state index in [0.29, 0.717) is 0 Å². The van der Waals surface area contributed by atoms with E-state index in [9.17, 15) is 0 Å². The third kappa shape index (κ3) is 3.92. The molecule has 20 heavy (non-hydrogen) atoms. The number of benzene rings is 2. The largest absolute Gasteiger partial charge is 0.271 e. The molecule has 0 saturated carbocycles. The summed E-state index contributed by atoms with van der Waals surface area (Å²) in [5, 5.41) is 0. The molecule has 0 aliphatic heterocycles. The molecule has 0 heterocycles. The van der Waals surface area contributed by atoms with Crippen LogP contribution < -0.4 is 11.3 Å². The molecule has 0 aliphatic carbocycles. The van der Waals surface area contributed by atoms with E-state index in [1.807, 2.05) is 0 Å². The van der Waals surface area contributed by atoms with E-state index in [0.717, 1.165) is 19.3 Å². The van der Waals surface area contributed by atoms with E-state index < -0.39 is 0 Å². The Morgan fingerprint density at radius 1 is 1.05 bits per heavy atom. The second-order valence-electron chi connectivity index (χ2n) is 5.34. The molecule has 0 aliphatic rings. The molecule has 0 bridgehead atoms. The topological polar surface area (TPSA) is 38.0 Å². The maximum absolute atomic E-state index is 5.72. The van der Waals surface area contributed by atoms with Gasteiger partial charge in [-0.25, -0.2) is 0 Å². The Labute approximate surface area is 122 Å². The van der Waals surface area contributed by atoms with Crippen molar-refractivity contribution in [2.75, 3.05) is 0 Å². The number of hydrogen-bond donors (Lipinski definition) is 2. The SMILES string of the molecule is CCc1ccc(C(CCc2cccc(C)c2)NN)cc1. The molecule has 1 atom stereocenters. The predicted molar refractivity (Wildman–Crippen MR) is 85.4 cm³/mol. The number of nitrogens with one attached hydrogen (secondary N) is 1. The maximum Gasteiger partial charge on any atom is 0.0463 e. The number of nitrogens with two attached hydrogens (primary N) is 1. The maximum atomic E-state index is 5.72. The Hall–Kier alpha value is -1.64. The van der Waals surface area contributed by atoms with Crippen LogP contribution in [0.3, 0.4) is 0 Å². The molecule has 2 nitrogen and oxygen atoms in total. The highest BCUT2D eigenvalue weighted by Crippen LogP contribution is 2.19. The van der Waals surface area contributed by atoms with Gasteiger partial charge in [-0.1, -0.05) is 61.0 Å². The lowest BCUT2D eigenvalue weighted by molar-refractivity contribution is 0.516. The van der Waals surface area contributed by atoms with Gasteiger partial charge in [0.15, 0.2) is 0 Å². The molecular formula is C18H24N2. The highest BCUT2D eigenvalue weighted by Gasteiger charge is 2.09. The first kappa shape index (κ1) is 14.8. The van der Waals surface area contributed by atoms with Gasteiger partial charge in [0.25, 0.3) is 0 Å². The summed E-state index contributed by atoms with van der Waals surface area (Å²) < 4.78 is 0. The summed E-state index contributed by atoms with van der Waals surface area (Å²) in [5.41, 5.74) is 8.25. The Bertz CT molecular complexity index is 531. The molecule has 0 fully saturated rings. The minimum absolute atomic E-state index is 0.210. The van der Waals surface area contributed by atoms with Gasteiger partial charge in [0.05, 0.1) is 0 Å². The summed E-state index contributed by atoms with van der Waals surface area (Å²) in [5.74, 6) is 5.72. The van der Waals surface area contributed by atoms with Crippen molar-refractivity contribution in [2.24, 2.45) is 5.84 Å². The van der Waals surface area contributed by atoms with Crippen LogP contribution in [0, 0.1) is 6.92 Å². The van der Waals surface area contributed by atoms with E-state index in [-0.39, 0.29) is 6.04 Å². The molecule has 0 saturated heterocycles. The Balaban J connectivity index is 2.01. The molecule has 2 rings (SSSR count). The molecule has 1 unspecified atom stereocenters. The molecule has 0 aromatic heterocycles. The van der Waals surface area contributed by atoms with Gasteiger partial charge in [-0.05, 0) is 42.9 Å². The van der Waals surface area contributed by atoms with Gasteiger partial charge in [0.1, 0.15) is 0 Å². The molecule has 0 amide bonds. The van der Waals surface area contributed by atoms with Gasteiger partial charge in [-0.2, -0.15) is 0 Å². The second-order valence-corrected chi connectivity index (χ2v) is 5.34. The smallest absolute Gasteiger partial charge is 0.0463 e. The average Bonchev–Trinajstić information content (AvgIpc) is 2.48. The van der Waals surface area contributed by atoms with E-state index in [2.05, 4.69) is 67.8 Å². The number of hydrazine groups is 1. The predicted octanol–water partition coefficient (Wildman–Crippen LogP) is 3.69. The third-order valence-corrected chi connectivity index (χ3v) is 3.80. The van der Waals surface area contributed by atoms with Gasteiger partial charge in [-0.3, -0.25) is 11.3 Å². The van der Waals surface area contributed by atoms with Crippen LogP contribution in [0.15, 0.2) is 48.5 Å². The van der Waals surface area contributed by atoms with Crippen LogP contribution in [0.25, 0.3) is 0 Å². The fourth-order valence-electron chi connectivity index (χ4n) is 2.51. The third-order valence-electron chi connectivity index (χ3n) is 3.80. The first-order chi connectivity index (χ1) is 9.72. The van der Waals surface area contributed by atoms with Gasteiger partial charge in [-0.15, -0.1) is 0 Å². The zero-order chi connectivity index (χ0) is 14.4. The standard InChI is InChI=1S/C18H24N2/c1-3-15-7-10-17(11-8-15)18(20-19)12-9-16-6-4-5-14(2)13-16/h4-8,10-11,13,18,20H,3,9,12,19H2,1-2H3. The quantitative estimate of drug-likeness (QED) is 0.619. The van der Waals surface area contributed by atoms with Crippen LogP contribution in [0.1, 0.15) is 41.6 Å². The molecule has 106 valence electrons. The summed E-state index contributed by atoms with van der Waals surface area (Å²) in [6, 6.07) is 17.6. The first-order valence-electron chi connectivity index (χ1n) is 7.33. The van der Waals surface area contributed by atoms with E-state index in [1.165, 1.54) is 22.3 Å². The fourth-order valence-corrected chi connectivity index (χ4v) is 2.51. The van der Waals surface area contributed by atoms with Gasteiger partial charge < -0.3 is 0 Å². The van der Waals surface area contributed by atoms with Crippen molar-refractivity contribution in [3.8, 4) is 0 Å². The molecule has 0 radical (unpaired) electrons. The van der Waals surface area contributed by atoms with Crippen LogP contribution in [0.4, 0.5) is 0 Å². The minimum Gasteiger partial charge on any atom is -0.271 e. The van der Waals surface area contributed by atoms with Crippen molar-refractivity contribution in [2.45, 2.75) is 39.2 Å². The minimum atomic E-state index is 0.210. The van der Waals surface area contributed by atoms with Crippen molar-refractivity contribution < 1.29 is 0 Å². The van der Waals surface area contributed by atoms with Crippen LogP contribution in [0.2, 0.25) is 0 Å². The zero-order valence-corrected chi connectivity index (χ0v) is 12.4. The molecular weight excluding hydrogens is 244 g/mol. The zero-order valence-electron chi connectivity index (χ0n) is 12.4. The first-order valence-corrected chi connectivity index (χ1v) is 7.33. The monoisotopic (exact) mass is 268 g/mol. The lowest BCUT2D eigenvalue weighted by Crippen LogP contribution is -2.28. The van der Waals surface area contributed by atoms with E-state index in [1.54, 1.807) is 0 Å². The van der Waals surface area contributed by atoms with Crippen molar-refractivity contribution in [3.63, 3.8) is 0 Å². The van der Waals surface area contributed by atoms with Crippen LogP contribution in [-0.2, 0) is 12.8 Å². The lowest BCUT2D eigenvalue weighted by atomic mass is 9.97. The Morgan fingerprint density at radius 3 is 2.40 bits per heavy atom. The molecule has 2 heteroatoms. The fraction of sp³-hybridized carbons (Fsp3) is 0.333. The van der Waals surface area contributed by atoms with Crippen LogP contribution >= 0.6 is 0 Å². The highest BCUT2D eigenvalue weighted by molar-refractivity contribution is 5.26. The van der Waals surface area contributed by atoms with E-state index >= 15 is 0 Å². The highest BCUT2D eigenvalue weighted by atomic mass is 15.2. The number of hydrogen-bond acceptors (Lipinski definition) is 2. The van der Waals surface area contributed by atoms with Crippen molar-refractivity contribution in [1.82, 2.24) is 5.43 Å². The molecule has 2 aromatic rings. The summed E-state index contributed by atoms with van der Waals surface area (Å²) in [6.45, 7) is 4.30. The summed E-state index contributed by atoms with van der Waals surface area (Å²) in [6.07, 6.45) is 3.11. The lowest BCUT2D eigenvalue weighted by Gasteiger charge is -2.17. The molecule has 3 N–H and O–H groups in total. The summed E-state index contributed by atoms with van der Waals surface area (Å²) in [4.78, 5) is 0. The number of aryl methyl sites for hydroxylation is 3. The second kappa shape index (κ2) is 7.22. The number of rotatable bonds is 6. The van der Waals surface area contributed by atoms with Gasteiger partial charge >= 0.3 is 0 Å². The Morgan fingerprint density at radius 2 is 1.80 bits per heavy atom. The molecule has 2 aromatic carbocycles. The van der Waals surface area contributed by atoms with E-state index in [4.69, 9.17) is 5.84 Å². The van der Waals surface area contributed by atoms with Crippen molar-refractivity contribution in [1.29, 1.82) is 0 Å². The molecule has 0 spiro atoms. The van der Waals surface area contributed by atoms with Crippen molar-refractivity contribution in [3.05, 3.63) is 70.8 Å². The normalized spacial score (nSPS) is 12.3. The summed E-state index contributed by atoms with van der Waals surface area (Å²) >= 11 is 0.